The van der Waals surface area contributed by atoms with Crippen LogP contribution in [0.15, 0.2) is 41.5 Å². The van der Waals surface area contributed by atoms with E-state index in [-0.39, 0.29) is 17.8 Å². The quantitative estimate of drug-likeness (QED) is 0.359. The number of aromatic amines is 1. The number of halogens is 2. The van der Waals surface area contributed by atoms with E-state index >= 15 is 0 Å². The molecule has 1 aliphatic rings. The van der Waals surface area contributed by atoms with E-state index in [1.807, 2.05) is 16.8 Å². The number of anilines is 2. The van der Waals surface area contributed by atoms with Crippen LogP contribution < -0.4 is 10.6 Å². The van der Waals surface area contributed by atoms with Gasteiger partial charge in [-0.15, -0.1) is 0 Å². The number of aromatic nitrogens is 4. The molecule has 5 rings (SSSR count). The van der Waals surface area contributed by atoms with Crippen LogP contribution in [0.2, 0.25) is 5.02 Å². The summed E-state index contributed by atoms with van der Waals surface area (Å²) in [6.45, 7) is 1.79. The zero-order valence-corrected chi connectivity index (χ0v) is 19.1. The fourth-order valence-electron chi connectivity index (χ4n) is 3.98. The fraction of sp³-hybridized carbons (Fsp3) is 0.273. The Morgan fingerprint density at radius 2 is 2.27 bits per heavy atom. The van der Waals surface area contributed by atoms with Crippen molar-refractivity contribution < 1.29 is 9.18 Å². The molecule has 0 radical (unpaired) electrons. The molecule has 1 saturated heterocycles. The first-order valence-corrected chi connectivity index (χ1v) is 11.9. The molecule has 4 aromatic rings. The molecule has 4 aromatic heterocycles. The van der Waals surface area contributed by atoms with Gasteiger partial charge in [-0.3, -0.25) is 0 Å². The summed E-state index contributed by atoms with van der Waals surface area (Å²) in [6.07, 6.45) is 6.28. The molecular weight excluding hydrogens is 465 g/mol. The van der Waals surface area contributed by atoms with Crippen LogP contribution in [0.25, 0.3) is 22.4 Å². The summed E-state index contributed by atoms with van der Waals surface area (Å²) in [5, 5.41) is 11.1. The second kappa shape index (κ2) is 9.32. The number of thiophene rings is 1. The van der Waals surface area contributed by atoms with Gasteiger partial charge in [-0.25, -0.2) is 24.1 Å². The summed E-state index contributed by atoms with van der Waals surface area (Å²) in [5.74, 6) is 0.150. The number of fused-ring (bicyclic) bond motifs is 1. The van der Waals surface area contributed by atoms with Crippen molar-refractivity contribution in [3.8, 4) is 11.4 Å². The lowest BCUT2D eigenvalue weighted by Crippen LogP contribution is -2.43. The first kappa shape index (κ1) is 21.6. The third-order valence-corrected chi connectivity index (χ3v) is 6.51. The van der Waals surface area contributed by atoms with Gasteiger partial charge < -0.3 is 20.5 Å². The maximum atomic E-state index is 14.5. The number of carbonyl (C=O) groups is 1. The number of rotatable bonds is 5. The van der Waals surface area contributed by atoms with Crippen LogP contribution in [-0.4, -0.2) is 50.5 Å². The third-order valence-electron chi connectivity index (χ3n) is 5.62. The van der Waals surface area contributed by atoms with Gasteiger partial charge in [0.25, 0.3) is 0 Å². The molecule has 11 heteroatoms. The van der Waals surface area contributed by atoms with E-state index in [2.05, 4.69) is 30.6 Å². The van der Waals surface area contributed by atoms with Crippen LogP contribution in [0, 0.1) is 11.7 Å². The molecule has 0 bridgehead atoms. The summed E-state index contributed by atoms with van der Waals surface area (Å²) in [4.78, 5) is 30.2. The van der Waals surface area contributed by atoms with Crippen LogP contribution in [-0.2, 0) is 0 Å². The Hall–Kier alpha value is -3.24. The lowest BCUT2D eigenvalue weighted by Gasteiger charge is -2.32. The maximum absolute atomic E-state index is 14.5. The Kier molecular flexibility index (Phi) is 6.10. The standard InChI is InChI=1S/C22H21ClFN7OS/c23-14-6-16-17(9-27-19(16)26-8-14)20-28-10-18(24)21(30-20)25-7-13-2-1-4-31(11-13)22(32)29-15-3-5-33-12-15/h3,5-6,8-10,12-13H,1-2,4,7,11H2,(H,26,27)(H,29,32)(H,25,28,30). The molecular formula is C22H21ClFN7OS. The topological polar surface area (TPSA) is 98.8 Å². The first-order chi connectivity index (χ1) is 16.1. The normalized spacial score (nSPS) is 16.2. The van der Waals surface area contributed by atoms with Gasteiger partial charge in [0.15, 0.2) is 17.5 Å². The molecule has 170 valence electrons. The Bertz CT molecular complexity index is 1280. The van der Waals surface area contributed by atoms with Crippen LogP contribution in [0.5, 0.6) is 0 Å². The monoisotopic (exact) mass is 485 g/mol. The summed E-state index contributed by atoms with van der Waals surface area (Å²) in [6, 6.07) is 3.53. The highest BCUT2D eigenvalue weighted by atomic mass is 35.5. The van der Waals surface area contributed by atoms with Gasteiger partial charge in [0.2, 0.25) is 0 Å². The van der Waals surface area contributed by atoms with Crippen molar-refractivity contribution in [1.82, 2.24) is 24.8 Å². The molecule has 1 unspecified atom stereocenters. The minimum absolute atomic E-state index is 0.111. The second-order valence-corrected chi connectivity index (χ2v) is 9.14. The number of urea groups is 1. The summed E-state index contributed by atoms with van der Waals surface area (Å²) in [7, 11) is 0. The smallest absolute Gasteiger partial charge is 0.321 e. The van der Waals surface area contributed by atoms with Gasteiger partial charge in [-0.05, 0) is 36.3 Å². The largest absolute Gasteiger partial charge is 0.367 e. The number of nitrogens with zero attached hydrogens (tertiary/aromatic N) is 4. The Morgan fingerprint density at radius 3 is 3.12 bits per heavy atom. The Morgan fingerprint density at radius 1 is 1.36 bits per heavy atom. The second-order valence-electron chi connectivity index (χ2n) is 7.92. The van der Waals surface area contributed by atoms with Gasteiger partial charge in [0.05, 0.1) is 16.9 Å². The van der Waals surface area contributed by atoms with E-state index in [0.29, 0.717) is 41.7 Å². The van der Waals surface area contributed by atoms with Crippen LogP contribution in [0.1, 0.15) is 12.8 Å². The van der Waals surface area contributed by atoms with Gasteiger partial charge in [0.1, 0.15) is 5.65 Å². The number of hydrogen-bond donors (Lipinski definition) is 3. The molecule has 1 atom stereocenters. The lowest BCUT2D eigenvalue weighted by molar-refractivity contribution is 0.180. The molecule has 0 aliphatic carbocycles. The van der Waals surface area contributed by atoms with Gasteiger partial charge in [-0.2, -0.15) is 11.3 Å². The van der Waals surface area contributed by atoms with Gasteiger partial charge in [-0.1, -0.05) is 11.6 Å². The average molecular weight is 486 g/mol. The predicted molar refractivity (Wildman–Crippen MR) is 128 cm³/mol. The molecule has 1 aliphatic heterocycles. The maximum Gasteiger partial charge on any atom is 0.321 e. The van der Waals surface area contributed by atoms with Crippen molar-refractivity contribution in [1.29, 1.82) is 0 Å². The summed E-state index contributed by atoms with van der Waals surface area (Å²) >= 11 is 7.61. The molecule has 3 N–H and O–H groups in total. The fourth-order valence-corrected chi connectivity index (χ4v) is 4.72. The van der Waals surface area contributed by atoms with Crippen LogP contribution >= 0.6 is 22.9 Å². The van der Waals surface area contributed by atoms with E-state index in [4.69, 9.17) is 11.6 Å². The third kappa shape index (κ3) is 4.76. The molecule has 0 spiro atoms. The summed E-state index contributed by atoms with van der Waals surface area (Å²) < 4.78 is 14.5. The van der Waals surface area contributed by atoms with E-state index in [9.17, 15) is 9.18 Å². The number of amides is 2. The average Bonchev–Trinajstić information content (AvgIpc) is 3.48. The number of piperidine rings is 1. The summed E-state index contributed by atoms with van der Waals surface area (Å²) in [5.41, 5.74) is 2.14. The lowest BCUT2D eigenvalue weighted by atomic mass is 9.98. The number of pyridine rings is 1. The van der Waals surface area contributed by atoms with E-state index in [1.165, 1.54) is 11.3 Å². The number of H-pyrrole nitrogens is 1. The van der Waals surface area contributed by atoms with Gasteiger partial charge in [0, 0.05) is 48.4 Å². The van der Waals surface area contributed by atoms with Crippen LogP contribution in [0.3, 0.4) is 0 Å². The molecule has 0 saturated carbocycles. The molecule has 0 aromatic carbocycles. The zero-order chi connectivity index (χ0) is 22.8. The van der Waals surface area contributed by atoms with E-state index in [1.54, 1.807) is 23.4 Å². The van der Waals surface area contributed by atoms with Crippen molar-refractivity contribution in [2.24, 2.45) is 5.92 Å². The minimum atomic E-state index is -0.530. The number of nitrogens with one attached hydrogen (secondary N) is 3. The Labute approximate surface area is 198 Å². The van der Waals surface area contributed by atoms with Crippen molar-refractivity contribution >= 4 is 51.5 Å². The molecule has 1 fully saturated rings. The van der Waals surface area contributed by atoms with Crippen molar-refractivity contribution in [3.63, 3.8) is 0 Å². The van der Waals surface area contributed by atoms with Crippen LogP contribution in [0.4, 0.5) is 20.7 Å². The SMILES string of the molecule is O=C(Nc1ccsc1)N1CCCC(CNc2nc(-c3c[nH]c4ncc(Cl)cc34)ncc2F)C1. The molecule has 5 heterocycles. The molecule has 8 nitrogen and oxygen atoms in total. The molecule has 33 heavy (non-hydrogen) atoms. The van der Waals surface area contributed by atoms with Crippen molar-refractivity contribution in [3.05, 3.63) is 52.3 Å². The number of hydrogen-bond acceptors (Lipinski definition) is 6. The zero-order valence-electron chi connectivity index (χ0n) is 17.5. The Balaban J connectivity index is 1.26. The van der Waals surface area contributed by atoms with Crippen molar-refractivity contribution in [2.75, 3.05) is 30.3 Å². The van der Waals surface area contributed by atoms with Crippen molar-refractivity contribution in [2.45, 2.75) is 12.8 Å². The molecule has 2 amide bonds. The highest BCUT2D eigenvalue weighted by Gasteiger charge is 2.24. The number of carbonyl (C=O) groups excluding carboxylic acids is 1. The highest BCUT2D eigenvalue weighted by molar-refractivity contribution is 7.08. The first-order valence-electron chi connectivity index (χ1n) is 10.5. The highest BCUT2D eigenvalue weighted by Crippen LogP contribution is 2.28. The number of likely N-dealkylation sites (tertiary alicyclic amines) is 1. The van der Waals surface area contributed by atoms with E-state index < -0.39 is 5.82 Å². The van der Waals surface area contributed by atoms with E-state index in [0.717, 1.165) is 30.1 Å². The minimum Gasteiger partial charge on any atom is -0.367 e. The predicted octanol–water partition coefficient (Wildman–Crippen LogP) is 5.23. The van der Waals surface area contributed by atoms with Gasteiger partial charge >= 0.3 is 6.03 Å².